The van der Waals surface area contributed by atoms with Crippen molar-refractivity contribution < 1.29 is 9.90 Å². The van der Waals surface area contributed by atoms with Gasteiger partial charge in [-0.25, -0.2) is 4.68 Å². The van der Waals surface area contributed by atoms with Gasteiger partial charge in [0.1, 0.15) is 5.69 Å². The van der Waals surface area contributed by atoms with E-state index in [4.69, 9.17) is 10.2 Å². The Kier molecular flexibility index (Phi) is 5.45. The van der Waals surface area contributed by atoms with E-state index >= 15 is 0 Å². The lowest BCUT2D eigenvalue weighted by Crippen LogP contribution is -2.49. The molecule has 7 nitrogen and oxygen atoms in total. The van der Waals surface area contributed by atoms with Crippen LogP contribution in [0.4, 0.5) is 0 Å². The highest BCUT2D eigenvalue weighted by molar-refractivity contribution is 6.00. The van der Waals surface area contributed by atoms with Crippen molar-refractivity contribution in [1.82, 2.24) is 24.6 Å². The third kappa shape index (κ3) is 3.81. The molecule has 1 N–H and O–H groups in total. The molecule has 0 bridgehead atoms. The van der Waals surface area contributed by atoms with Crippen LogP contribution in [-0.4, -0.2) is 74.9 Å². The van der Waals surface area contributed by atoms with E-state index in [2.05, 4.69) is 9.88 Å². The zero-order valence-corrected chi connectivity index (χ0v) is 15.6. The first-order valence-electron chi connectivity index (χ1n) is 9.44. The van der Waals surface area contributed by atoms with Crippen molar-refractivity contribution in [3.63, 3.8) is 0 Å². The molecule has 1 amide bonds. The number of carbonyl (C=O) groups excluding carboxylic acids is 1. The van der Waals surface area contributed by atoms with Gasteiger partial charge in [0.25, 0.3) is 5.91 Å². The summed E-state index contributed by atoms with van der Waals surface area (Å²) >= 11 is 0. The molecule has 1 saturated heterocycles. The van der Waals surface area contributed by atoms with Crippen molar-refractivity contribution in [3.8, 4) is 16.9 Å². The summed E-state index contributed by atoms with van der Waals surface area (Å²) in [7, 11) is 0. The maximum absolute atomic E-state index is 13.3. The van der Waals surface area contributed by atoms with Crippen LogP contribution in [0, 0.1) is 0 Å². The van der Waals surface area contributed by atoms with Gasteiger partial charge in [-0.3, -0.25) is 14.7 Å². The molecule has 3 heterocycles. The van der Waals surface area contributed by atoms with Crippen molar-refractivity contribution >= 4 is 5.91 Å². The number of aromatic nitrogens is 3. The number of hydrogen-bond acceptors (Lipinski definition) is 5. The van der Waals surface area contributed by atoms with E-state index in [9.17, 15) is 4.79 Å². The lowest BCUT2D eigenvalue weighted by molar-refractivity contribution is 0.0615. The second kappa shape index (κ2) is 8.33. The highest BCUT2D eigenvalue weighted by Gasteiger charge is 2.26. The van der Waals surface area contributed by atoms with E-state index in [1.54, 1.807) is 23.3 Å². The van der Waals surface area contributed by atoms with Crippen molar-refractivity contribution in [3.05, 3.63) is 66.6 Å². The number of amides is 1. The minimum absolute atomic E-state index is 0.0234. The molecule has 1 fully saturated rings. The summed E-state index contributed by atoms with van der Waals surface area (Å²) in [5.41, 5.74) is 2.94. The first-order chi connectivity index (χ1) is 13.8. The number of aliphatic hydroxyl groups excluding tert-OH is 1. The quantitative estimate of drug-likeness (QED) is 0.732. The van der Waals surface area contributed by atoms with Crippen LogP contribution in [0.1, 0.15) is 10.4 Å². The molecule has 7 heteroatoms. The van der Waals surface area contributed by atoms with Gasteiger partial charge in [-0.1, -0.05) is 18.2 Å². The van der Waals surface area contributed by atoms with Crippen molar-refractivity contribution in [1.29, 1.82) is 0 Å². The predicted molar refractivity (Wildman–Crippen MR) is 106 cm³/mol. The van der Waals surface area contributed by atoms with E-state index in [-0.39, 0.29) is 12.5 Å². The summed E-state index contributed by atoms with van der Waals surface area (Å²) in [5, 5.41) is 13.8. The molecule has 1 aliphatic heterocycles. The molecule has 0 atom stereocenters. The van der Waals surface area contributed by atoms with Gasteiger partial charge in [0.15, 0.2) is 0 Å². The number of hydrogen-bond donors (Lipinski definition) is 1. The summed E-state index contributed by atoms with van der Waals surface area (Å²) < 4.78 is 1.75. The predicted octanol–water partition coefficient (Wildman–Crippen LogP) is 1.68. The van der Waals surface area contributed by atoms with E-state index in [0.29, 0.717) is 30.9 Å². The molecular formula is C21H23N5O2. The monoisotopic (exact) mass is 377 g/mol. The van der Waals surface area contributed by atoms with E-state index in [1.165, 1.54) is 0 Å². The van der Waals surface area contributed by atoms with Gasteiger partial charge in [0.05, 0.1) is 17.9 Å². The molecule has 144 valence electrons. The molecule has 3 aromatic rings. The summed E-state index contributed by atoms with van der Waals surface area (Å²) in [6.45, 7) is 3.60. The maximum Gasteiger partial charge on any atom is 0.257 e. The zero-order valence-electron chi connectivity index (χ0n) is 15.6. The molecule has 0 spiro atoms. The lowest BCUT2D eigenvalue weighted by Gasteiger charge is -2.34. The number of para-hydroxylation sites is 1. The highest BCUT2D eigenvalue weighted by atomic mass is 16.3. The van der Waals surface area contributed by atoms with Crippen LogP contribution in [-0.2, 0) is 0 Å². The molecule has 0 unspecified atom stereocenters. The number of carbonyl (C=O) groups is 1. The smallest absolute Gasteiger partial charge is 0.257 e. The average Bonchev–Trinajstić information content (AvgIpc) is 3.21. The first-order valence-corrected chi connectivity index (χ1v) is 9.44. The van der Waals surface area contributed by atoms with Crippen LogP contribution in [0.2, 0.25) is 0 Å². The van der Waals surface area contributed by atoms with Gasteiger partial charge in [-0.05, 0) is 24.3 Å². The Hall–Kier alpha value is -3.03. The molecule has 0 saturated carbocycles. The number of β-amino-alcohol motifs (C(OH)–C–C–N with tert-alkyl or cyclic N) is 1. The number of aliphatic hydroxyl groups is 1. The van der Waals surface area contributed by atoms with Crippen molar-refractivity contribution in [2.45, 2.75) is 0 Å². The number of nitrogens with zero attached hydrogens (tertiary/aromatic N) is 5. The Bertz CT molecular complexity index is 918. The molecular weight excluding hydrogens is 354 g/mol. The van der Waals surface area contributed by atoms with Gasteiger partial charge >= 0.3 is 0 Å². The van der Waals surface area contributed by atoms with Crippen molar-refractivity contribution in [2.24, 2.45) is 0 Å². The van der Waals surface area contributed by atoms with Gasteiger partial charge in [0, 0.05) is 56.9 Å². The fourth-order valence-electron chi connectivity index (χ4n) is 3.45. The van der Waals surface area contributed by atoms with Gasteiger partial charge < -0.3 is 10.0 Å². The Morgan fingerprint density at radius 3 is 2.50 bits per heavy atom. The van der Waals surface area contributed by atoms with E-state index < -0.39 is 0 Å². The maximum atomic E-state index is 13.3. The SMILES string of the molecule is O=C(c1cn(-c2ccccc2)nc1-c1cccnc1)N1CCN(CCO)CC1. The van der Waals surface area contributed by atoms with Crippen LogP contribution in [0.15, 0.2) is 61.1 Å². The minimum atomic E-state index is -0.0234. The fraction of sp³-hybridized carbons (Fsp3) is 0.286. The zero-order chi connectivity index (χ0) is 19.3. The van der Waals surface area contributed by atoms with Crippen LogP contribution in [0.3, 0.4) is 0 Å². The second-order valence-corrected chi connectivity index (χ2v) is 6.77. The molecule has 1 aliphatic rings. The van der Waals surface area contributed by atoms with Crippen molar-refractivity contribution in [2.75, 3.05) is 39.3 Å². The third-order valence-electron chi connectivity index (χ3n) is 4.98. The summed E-state index contributed by atoms with van der Waals surface area (Å²) in [6, 6.07) is 13.5. The number of piperazine rings is 1. The molecule has 2 aromatic heterocycles. The lowest BCUT2D eigenvalue weighted by atomic mass is 10.1. The Balaban J connectivity index is 1.65. The number of rotatable bonds is 5. The molecule has 1 aromatic carbocycles. The fourth-order valence-corrected chi connectivity index (χ4v) is 3.45. The summed E-state index contributed by atoms with van der Waals surface area (Å²) in [6.07, 6.45) is 5.24. The highest BCUT2D eigenvalue weighted by Crippen LogP contribution is 2.24. The Morgan fingerprint density at radius 1 is 1.04 bits per heavy atom. The van der Waals surface area contributed by atoms with E-state index in [0.717, 1.165) is 24.3 Å². The van der Waals surface area contributed by atoms with E-state index in [1.807, 2.05) is 47.4 Å². The largest absolute Gasteiger partial charge is 0.395 e. The topological polar surface area (TPSA) is 74.5 Å². The standard InChI is InChI=1S/C21H23N5O2/c27-14-13-24-9-11-25(12-10-24)21(28)19-16-26(18-6-2-1-3-7-18)23-20(19)17-5-4-8-22-15-17/h1-8,15-16,27H,9-14H2. The van der Waals surface area contributed by atoms with Crippen LogP contribution < -0.4 is 0 Å². The average molecular weight is 377 g/mol. The normalized spacial score (nSPS) is 15.0. The molecule has 4 rings (SSSR count). The molecule has 0 aliphatic carbocycles. The second-order valence-electron chi connectivity index (χ2n) is 6.77. The summed E-state index contributed by atoms with van der Waals surface area (Å²) in [4.78, 5) is 21.5. The van der Waals surface area contributed by atoms with Gasteiger partial charge in [0.2, 0.25) is 0 Å². The van der Waals surface area contributed by atoms with Crippen LogP contribution >= 0.6 is 0 Å². The molecule has 28 heavy (non-hydrogen) atoms. The third-order valence-corrected chi connectivity index (χ3v) is 4.98. The molecule has 0 radical (unpaired) electrons. The number of pyridine rings is 1. The number of benzene rings is 1. The van der Waals surface area contributed by atoms with Gasteiger partial charge in [-0.2, -0.15) is 5.10 Å². The van der Waals surface area contributed by atoms with Crippen LogP contribution in [0.25, 0.3) is 16.9 Å². The summed E-state index contributed by atoms with van der Waals surface area (Å²) in [5.74, 6) is -0.0234. The van der Waals surface area contributed by atoms with Crippen LogP contribution in [0.5, 0.6) is 0 Å². The minimum Gasteiger partial charge on any atom is -0.395 e. The Morgan fingerprint density at radius 2 is 1.82 bits per heavy atom. The van der Waals surface area contributed by atoms with Gasteiger partial charge in [-0.15, -0.1) is 0 Å². The Labute approximate surface area is 163 Å². The first kappa shape index (κ1) is 18.3.